The molecule has 2 heterocycles. The summed E-state index contributed by atoms with van der Waals surface area (Å²) in [6.45, 7) is 1.61. The highest BCUT2D eigenvalue weighted by atomic mass is 32.1. The van der Waals surface area contributed by atoms with Gasteiger partial charge in [0.25, 0.3) is 0 Å². The van der Waals surface area contributed by atoms with Gasteiger partial charge < -0.3 is 10.6 Å². The van der Waals surface area contributed by atoms with E-state index in [2.05, 4.69) is 15.1 Å². The SMILES string of the molecule is CN(CCCN)c1ccc(-c2cccs2)nn1. The van der Waals surface area contributed by atoms with Crippen molar-refractivity contribution < 1.29 is 0 Å². The lowest BCUT2D eigenvalue weighted by Crippen LogP contribution is -2.22. The molecule has 0 saturated carbocycles. The van der Waals surface area contributed by atoms with E-state index in [1.54, 1.807) is 11.3 Å². The summed E-state index contributed by atoms with van der Waals surface area (Å²) < 4.78 is 0. The zero-order valence-corrected chi connectivity index (χ0v) is 10.7. The molecule has 0 aromatic carbocycles. The first-order valence-electron chi connectivity index (χ1n) is 5.60. The van der Waals surface area contributed by atoms with Gasteiger partial charge in [0.05, 0.1) is 4.88 Å². The molecular weight excluding hydrogens is 232 g/mol. The molecule has 0 spiro atoms. The van der Waals surface area contributed by atoms with Crippen molar-refractivity contribution in [3.05, 3.63) is 29.6 Å². The van der Waals surface area contributed by atoms with Gasteiger partial charge >= 0.3 is 0 Å². The molecule has 0 amide bonds. The van der Waals surface area contributed by atoms with Crippen LogP contribution in [0.15, 0.2) is 29.6 Å². The van der Waals surface area contributed by atoms with Crippen LogP contribution in [-0.4, -0.2) is 30.3 Å². The average molecular weight is 248 g/mol. The summed E-state index contributed by atoms with van der Waals surface area (Å²) in [7, 11) is 2.00. The number of rotatable bonds is 5. The molecule has 0 bridgehead atoms. The maximum Gasteiger partial charge on any atom is 0.151 e. The van der Waals surface area contributed by atoms with Crippen molar-refractivity contribution in [1.82, 2.24) is 10.2 Å². The number of nitrogens with two attached hydrogens (primary N) is 1. The van der Waals surface area contributed by atoms with Crippen LogP contribution in [0.1, 0.15) is 6.42 Å². The summed E-state index contributed by atoms with van der Waals surface area (Å²) in [6.07, 6.45) is 0.963. The van der Waals surface area contributed by atoms with Crippen LogP contribution >= 0.6 is 11.3 Å². The molecule has 0 aliphatic rings. The third-order valence-electron chi connectivity index (χ3n) is 2.51. The first-order chi connectivity index (χ1) is 8.31. The predicted octanol–water partition coefficient (Wildman–Crippen LogP) is 1.99. The van der Waals surface area contributed by atoms with Gasteiger partial charge in [-0.1, -0.05) is 6.07 Å². The minimum atomic E-state index is 0.699. The van der Waals surface area contributed by atoms with Crippen molar-refractivity contribution in [1.29, 1.82) is 0 Å². The highest BCUT2D eigenvalue weighted by molar-refractivity contribution is 7.13. The minimum Gasteiger partial charge on any atom is -0.358 e. The van der Waals surface area contributed by atoms with Crippen LogP contribution in [0.4, 0.5) is 5.82 Å². The molecule has 2 rings (SSSR count). The first-order valence-corrected chi connectivity index (χ1v) is 6.48. The second-order valence-corrected chi connectivity index (χ2v) is 4.77. The maximum atomic E-state index is 5.48. The smallest absolute Gasteiger partial charge is 0.151 e. The van der Waals surface area contributed by atoms with Crippen LogP contribution in [0, 0.1) is 0 Å². The summed E-state index contributed by atoms with van der Waals surface area (Å²) in [4.78, 5) is 3.21. The minimum absolute atomic E-state index is 0.699. The Morgan fingerprint density at radius 1 is 1.29 bits per heavy atom. The fourth-order valence-corrected chi connectivity index (χ4v) is 2.22. The number of hydrogen-bond acceptors (Lipinski definition) is 5. The second kappa shape index (κ2) is 5.75. The Labute approximate surface area is 105 Å². The lowest BCUT2D eigenvalue weighted by atomic mass is 10.3. The van der Waals surface area contributed by atoms with Crippen LogP contribution in [0.25, 0.3) is 10.6 Å². The van der Waals surface area contributed by atoms with Crippen LogP contribution in [-0.2, 0) is 0 Å². The highest BCUT2D eigenvalue weighted by Gasteiger charge is 2.04. The molecule has 0 aliphatic heterocycles. The number of anilines is 1. The van der Waals surface area contributed by atoms with Crippen molar-refractivity contribution in [3.63, 3.8) is 0 Å². The van der Waals surface area contributed by atoms with Crippen molar-refractivity contribution in [2.24, 2.45) is 5.73 Å². The van der Waals surface area contributed by atoms with E-state index < -0.39 is 0 Å². The molecule has 2 N–H and O–H groups in total. The summed E-state index contributed by atoms with van der Waals surface area (Å²) in [5, 5.41) is 10.5. The van der Waals surface area contributed by atoms with Gasteiger partial charge in [0.1, 0.15) is 5.69 Å². The summed E-state index contributed by atoms with van der Waals surface area (Å²) in [6, 6.07) is 8.07. The molecule has 0 aliphatic carbocycles. The zero-order chi connectivity index (χ0) is 12.1. The monoisotopic (exact) mass is 248 g/mol. The molecule has 0 saturated heterocycles. The third-order valence-corrected chi connectivity index (χ3v) is 3.41. The van der Waals surface area contributed by atoms with Gasteiger partial charge in [0.2, 0.25) is 0 Å². The molecule has 17 heavy (non-hydrogen) atoms. The lowest BCUT2D eigenvalue weighted by molar-refractivity contribution is 0.778. The van der Waals surface area contributed by atoms with E-state index in [0.717, 1.165) is 29.4 Å². The Kier molecular flexibility index (Phi) is 4.06. The second-order valence-electron chi connectivity index (χ2n) is 3.82. The normalized spacial score (nSPS) is 10.5. The van der Waals surface area contributed by atoms with E-state index >= 15 is 0 Å². The van der Waals surface area contributed by atoms with Gasteiger partial charge in [0, 0.05) is 13.6 Å². The lowest BCUT2D eigenvalue weighted by Gasteiger charge is -2.16. The Morgan fingerprint density at radius 3 is 2.76 bits per heavy atom. The number of thiophene rings is 1. The van der Waals surface area contributed by atoms with Crippen molar-refractivity contribution >= 4 is 17.2 Å². The predicted molar refractivity (Wildman–Crippen MR) is 72.3 cm³/mol. The van der Waals surface area contributed by atoms with Gasteiger partial charge in [-0.2, -0.15) is 0 Å². The van der Waals surface area contributed by atoms with Crippen LogP contribution < -0.4 is 10.6 Å². The first kappa shape index (κ1) is 12.0. The van der Waals surface area contributed by atoms with Crippen LogP contribution in [0.2, 0.25) is 0 Å². The Bertz CT molecular complexity index is 438. The molecule has 0 radical (unpaired) electrons. The fourth-order valence-electron chi connectivity index (χ4n) is 1.53. The molecule has 90 valence electrons. The van der Waals surface area contributed by atoms with Gasteiger partial charge in [-0.3, -0.25) is 0 Å². The largest absolute Gasteiger partial charge is 0.358 e. The van der Waals surface area contributed by atoms with Crippen molar-refractivity contribution in [2.45, 2.75) is 6.42 Å². The molecular formula is C12H16N4S. The molecule has 2 aromatic heterocycles. The van der Waals surface area contributed by atoms with E-state index in [0.29, 0.717) is 6.54 Å². The van der Waals surface area contributed by atoms with Gasteiger partial charge in [-0.25, -0.2) is 0 Å². The summed E-state index contributed by atoms with van der Waals surface area (Å²) >= 11 is 1.67. The van der Waals surface area contributed by atoms with E-state index in [1.807, 2.05) is 36.7 Å². The van der Waals surface area contributed by atoms with Gasteiger partial charge in [-0.15, -0.1) is 21.5 Å². The molecule has 5 heteroatoms. The number of hydrogen-bond donors (Lipinski definition) is 1. The Balaban J connectivity index is 2.08. The average Bonchev–Trinajstić information content (AvgIpc) is 2.90. The Hall–Kier alpha value is -1.46. The van der Waals surface area contributed by atoms with Gasteiger partial charge in [0.15, 0.2) is 5.82 Å². The van der Waals surface area contributed by atoms with E-state index in [4.69, 9.17) is 5.73 Å². The van der Waals surface area contributed by atoms with Crippen molar-refractivity contribution in [2.75, 3.05) is 25.0 Å². The van der Waals surface area contributed by atoms with Crippen LogP contribution in [0.3, 0.4) is 0 Å². The molecule has 0 unspecified atom stereocenters. The number of nitrogens with zero attached hydrogens (tertiary/aromatic N) is 3. The van der Waals surface area contributed by atoms with Crippen molar-refractivity contribution in [3.8, 4) is 10.6 Å². The van der Waals surface area contributed by atoms with Gasteiger partial charge in [-0.05, 0) is 36.5 Å². The standard InChI is InChI=1S/C12H16N4S/c1-16(8-3-7-13)12-6-5-10(14-15-12)11-4-2-9-17-11/h2,4-6,9H,3,7-8,13H2,1H3. The van der Waals surface area contributed by atoms with E-state index in [-0.39, 0.29) is 0 Å². The molecule has 4 nitrogen and oxygen atoms in total. The fraction of sp³-hybridized carbons (Fsp3) is 0.333. The Morgan fingerprint density at radius 2 is 2.18 bits per heavy atom. The maximum absolute atomic E-state index is 5.48. The summed E-state index contributed by atoms with van der Waals surface area (Å²) in [5.41, 5.74) is 6.41. The van der Waals surface area contributed by atoms with Crippen LogP contribution in [0.5, 0.6) is 0 Å². The van der Waals surface area contributed by atoms with E-state index in [9.17, 15) is 0 Å². The quantitative estimate of drug-likeness (QED) is 0.879. The molecule has 0 fully saturated rings. The zero-order valence-electron chi connectivity index (χ0n) is 9.84. The highest BCUT2D eigenvalue weighted by Crippen LogP contribution is 2.22. The topological polar surface area (TPSA) is 55.0 Å². The van der Waals surface area contributed by atoms with E-state index in [1.165, 1.54) is 0 Å². The molecule has 2 aromatic rings. The number of aromatic nitrogens is 2. The summed E-state index contributed by atoms with van der Waals surface area (Å²) in [5.74, 6) is 0.888. The third kappa shape index (κ3) is 3.01. The molecule has 0 atom stereocenters.